The van der Waals surface area contributed by atoms with Crippen LogP contribution in [0.2, 0.25) is 0 Å². The highest BCUT2D eigenvalue weighted by Gasteiger charge is 2.28. The fourth-order valence-corrected chi connectivity index (χ4v) is 2.91. The SMILES string of the molecule is CCCCCCOC(=O)C1CCN(C(=O)c2ccc(F)cc2)CC1. The molecule has 0 unspecified atom stereocenters. The lowest BCUT2D eigenvalue weighted by atomic mass is 9.96. The van der Waals surface area contributed by atoms with Gasteiger partial charge in [0.05, 0.1) is 12.5 Å². The molecule has 24 heavy (non-hydrogen) atoms. The molecule has 1 aliphatic rings. The van der Waals surface area contributed by atoms with Crippen LogP contribution in [-0.2, 0) is 9.53 Å². The van der Waals surface area contributed by atoms with Crippen LogP contribution < -0.4 is 0 Å². The predicted molar refractivity (Wildman–Crippen MR) is 90.1 cm³/mol. The first-order valence-electron chi connectivity index (χ1n) is 8.83. The molecule has 5 heteroatoms. The number of carbonyl (C=O) groups excluding carboxylic acids is 2. The minimum absolute atomic E-state index is 0.110. The van der Waals surface area contributed by atoms with Crippen LogP contribution >= 0.6 is 0 Å². The quantitative estimate of drug-likeness (QED) is 0.562. The van der Waals surface area contributed by atoms with Crippen molar-refractivity contribution in [1.29, 1.82) is 0 Å². The summed E-state index contributed by atoms with van der Waals surface area (Å²) in [6, 6.07) is 5.56. The van der Waals surface area contributed by atoms with Crippen molar-refractivity contribution in [3.63, 3.8) is 0 Å². The van der Waals surface area contributed by atoms with Crippen LogP contribution in [0.25, 0.3) is 0 Å². The van der Waals surface area contributed by atoms with Crippen LogP contribution in [0.5, 0.6) is 0 Å². The van der Waals surface area contributed by atoms with Crippen molar-refractivity contribution in [1.82, 2.24) is 4.90 Å². The number of likely N-dealkylation sites (tertiary alicyclic amines) is 1. The maximum Gasteiger partial charge on any atom is 0.309 e. The Morgan fingerprint density at radius 3 is 2.42 bits per heavy atom. The number of hydrogen-bond acceptors (Lipinski definition) is 3. The number of piperidine rings is 1. The van der Waals surface area contributed by atoms with E-state index in [0.29, 0.717) is 38.1 Å². The molecule has 1 heterocycles. The molecule has 0 spiro atoms. The van der Waals surface area contributed by atoms with Gasteiger partial charge in [0.25, 0.3) is 5.91 Å². The zero-order valence-electron chi connectivity index (χ0n) is 14.3. The van der Waals surface area contributed by atoms with Gasteiger partial charge in [-0.3, -0.25) is 9.59 Å². The van der Waals surface area contributed by atoms with Crippen molar-refractivity contribution < 1.29 is 18.7 Å². The fourth-order valence-electron chi connectivity index (χ4n) is 2.91. The summed E-state index contributed by atoms with van der Waals surface area (Å²) in [5.41, 5.74) is 0.480. The van der Waals surface area contributed by atoms with Gasteiger partial charge in [0, 0.05) is 18.7 Å². The van der Waals surface area contributed by atoms with E-state index in [1.807, 2.05) is 0 Å². The molecule has 0 aromatic heterocycles. The van der Waals surface area contributed by atoms with E-state index in [-0.39, 0.29) is 23.6 Å². The third kappa shape index (κ3) is 5.32. The number of amides is 1. The van der Waals surface area contributed by atoms with Crippen LogP contribution in [0.15, 0.2) is 24.3 Å². The van der Waals surface area contributed by atoms with Gasteiger partial charge in [0.2, 0.25) is 0 Å². The molecule has 1 aliphatic heterocycles. The van der Waals surface area contributed by atoms with Crippen LogP contribution in [-0.4, -0.2) is 36.5 Å². The number of unbranched alkanes of at least 4 members (excludes halogenated alkanes) is 3. The molecule has 0 bridgehead atoms. The highest BCUT2D eigenvalue weighted by Crippen LogP contribution is 2.20. The van der Waals surface area contributed by atoms with Crippen molar-refractivity contribution in [3.8, 4) is 0 Å². The number of carbonyl (C=O) groups is 2. The number of nitrogens with zero attached hydrogens (tertiary/aromatic N) is 1. The van der Waals surface area contributed by atoms with E-state index in [9.17, 15) is 14.0 Å². The molecule has 0 atom stereocenters. The summed E-state index contributed by atoms with van der Waals surface area (Å²) in [5.74, 6) is -0.720. The lowest BCUT2D eigenvalue weighted by Crippen LogP contribution is -2.40. The summed E-state index contributed by atoms with van der Waals surface area (Å²) in [4.78, 5) is 26.1. The molecule has 4 nitrogen and oxygen atoms in total. The third-order valence-corrected chi connectivity index (χ3v) is 4.45. The number of benzene rings is 1. The van der Waals surface area contributed by atoms with Gasteiger partial charge in [-0.25, -0.2) is 4.39 Å². The van der Waals surface area contributed by atoms with Gasteiger partial charge in [0.1, 0.15) is 5.82 Å². The van der Waals surface area contributed by atoms with Crippen LogP contribution in [0.4, 0.5) is 4.39 Å². The predicted octanol–water partition coefficient (Wildman–Crippen LogP) is 3.80. The molecule has 0 N–H and O–H groups in total. The van der Waals surface area contributed by atoms with E-state index < -0.39 is 0 Å². The number of halogens is 1. The van der Waals surface area contributed by atoms with Gasteiger partial charge in [-0.05, 0) is 43.5 Å². The Balaban J connectivity index is 1.73. The molecule has 1 saturated heterocycles. The monoisotopic (exact) mass is 335 g/mol. The molecule has 132 valence electrons. The molecule has 1 amide bonds. The summed E-state index contributed by atoms with van der Waals surface area (Å²) < 4.78 is 18.3. The van der Waals surface area contributed by atoms with Gasteiger partial charge < -0.3 is 9.64 Å². The van der Waals surface area contributed by atoms with E-state index in [0.717, 1.165) is 19.3 Å². The minimum Gasteiger partial charge on any atom is -0.465 e. The van der Waals surface area contributed by atoms with E-state index in [1.165, 1.54) is 30.7 Å². The van der Waals surface area contributed by atoms with Crippen LogP contribution in [0, 0.1) is 11.7 Å². The smallest absolute Gasteiger partial charge is 0.309 e. The van der Waals surface area contributed by atoms with Crippen LogP contribution in [0.1, 0.15) is 55.8 Å². The number of rotatable bonds is 7. The first-order valence-corrected chi connectivity index (χ1v) is 8.83. The number of esters is 1. The maximum atomic E-state index is 12.9. The Kier molecular flexibility index (Phi) is 7.22. The minimum atomic E-state index is -0.355. The second-order valence-corrected chi connectivity index (χ2v) is 6.30. The van der Waals surface area contributed by atoms with Crippen molar-refractivity contribution in [2.24, 2.45) is 5.92 Å². The van der Waals surface area contributed by atoms with Gasteiger partial charge in [-0.15, -0.1) is 0 Å². The van der Waals surface area contributed by atoms with E-state index in [2.05, 4.69) is 6.92 Å². The fraction of sp³-hybridized carbons (Fsp3) is 0.579. The Hall–Kier alpha value is -1.91. The van der Waals surface area contributed by atoms with Gasteiger partial charge in [-0.2, -0.15) is 0 Å². The van der Waals surface area contributed by atoms with Crippen molar-refractivity contribution in [2.45, 2.75) is 45.4 Å². The number of ether oxygens (including phenoxy) is 1. The molecule has 1 fully saturated rings. The van der Waals surface area contributed by atoms with Gasteiger partial charge in [0.15, 0.2) is 0 Å². The average molecular weight is 335 g/mol. The molecule has 0 aliphatic carbocycles. The third-order valence-electron chi connectivity index (χ3n) is 4.45. The van der Waals surface area contributed by atoms with Gasteiger partial charge in [-0.1, -0.05) is 26.2 Å². The lowest BCUT2D eigenvalue weighted by Gasteiger charge is -2.31. The van der Waals surface area contributed by atoms with Crippen molar-refractivity contribution in [3.05, 3.63) is 35.6 Å². The zero-order chi connectivity index (χ0) is 17.4. The zero-order valence-corrected chi connectivity index (χ0v) is 14.3. The number of hydrogen-bond donors (Lipinski definition) is 0. The van der Waals surface area contributed by atoms with Crippen LogP contribution in [0.3, 0.4) is 0 Å². The normalized spacial score (nSPS) is 15.3. The second-order valence-electron chi connectivity index (χ2n) is 6.30. The Morgan fingerprint density at radius 1 is 1.12 bits per heavy atom. The first-order chi connectivity index (χ1) is 11.6. The average Bonchev–Trinajstić information content (AvgIpc) is 2.61. The summed E-state index contributed by atoms with van der Waals surface area (Å²) in [6.45, 7) is 3.71. The van der Waals surface area contributed by atoms with E-state index >= 15 is 0 Å². The van der Waals surface area contributed by atoms with Gasteiger partial charge >= 0.3 is 5.97 Å². The Labute approximate surface area is 143 Å². The Morgan fingerprint density at radius 2 is 1.79 bits per heavy atom. The highest BCUT2D eigenvalue weighted by atomic mass is 19.1. The molecule has 1 aromatic carbocycles. The topological polar surface area (TPSA) is 46.6 Å². The van der Waals surface area contributed by atoms with Crippen molar-refractivity contribution in [2.75, 3.05) is 19.7 Å². The first kappa shape index (κ1) is 18.4. The Bertz CT molecular complexity index is 536. The van der Waals surface area contributed by atoms with E-state index in [1.54, 1.807) is 4.90 Å². The summed E-state index contributed by atoms with van der Waals surface area (Å²) in [7, 11) is 0. The van der Waals surface area contributed by atoms with E-state index in [4.69, 9.17) is 4.74 Å². The molecular formula is C19H26FNO3. The maximum absolute atomic E-state index is 12.9. The molecule has 2 rings (SSSR count). The second kappa shape index (κ2) is 9.40. The summed E-state index contributed by atoms with van der Waals surface area (Å²) in [6.07, 6.45) is 5.59. The highest BCUT2D eigenvalue weighted by molar-refractivity contribution is 5.94. The standard InChI is InChI=1S/C19H26FNO3/c1-2-3-4-5-14-24-19(23)16-10-12-21(13-11-16)18(22)15-6-8-17(20)9-7-15/h6-9,16H,2-5,10-14H2,1H3. The lowest BCUT2D eigenvalue weighted by molar-refractivity contribution is -0.150. The largest absolute Gasteiger partial charge is 0.465 e. The summed E-state index contributed by atoms with van der Waals surface area (Å²) >= 11 is 0. The summed E-state index contributed by atoms with van der Waals surface area (Å²) in [5, 5.41) is 0. The molecule has 1 aromatic rings. The van der Waals surface area contributed by atoms with Crippen molar-refractivity contribution >= 4 is 11.9 Å². The molecule has 0 saturated carbocycles. The molecule has 0 radical (unpaired) electrons. The molecular weight excluding hydrogens is 309 g/mol.